The third-order valence-electron chi connectivity index (χ3n) is 5.48. The van der Waals surface area contributed by atoms with Crippen molar-refractivity contribution in [3.05, 3.63) is 23.8 Å². The maximum absolute atomic E-state index is 12.8. The van der Waals surface area contributed by atoms with Gasteiger partial charge in [0.15, 0.2) is 12.7 Å². The summed E-state index contributed by atoms with van der Waals surface area (Å²) >= 11 is 0. The number of rotatable bonds is 8. The first-order chi connectivity index (χ1) is 16.9. The molecule has 0 saturated carbocycles. The van der Waals surface area contributed by atoms with E-state index in [1.807, 2.05) is 0 Å². The van der Waals surface area contributed by atoms with E-state index in [2.05, 4.69) is 10.6 Å². The number of carboxylic acids is 1. The fourth-order valence-corrected chi connectivity index (χ4v) is 3.67. The van der Waals surface area contributed by atoms with Gasteiger partial charge in [-0.05, 0) is 31.0 Å². The van der Waals surface area contributed by atoms with Crippen LogP contribution in [0.25, 0.3) is 0 Å². The van der Waals surface area contributed by atoms with E-state index < -0.39 is 61.1 Å². The van der Waals surface area contributed by atoms with Crippen molar-refractivity contribution in [2.45, 2.75) is 62.2 Å². The maximum Gasteiger partial charge on any atom is 0.422 e. The van der Waals surface area contributed by atoms with Gasteiger partial charge in [-0.3, -0.25) is 9.59 Å². The highest BCUT2D eigenvalue weighted by Crippen LogP contribution is 2.30. The molecule has 2 saturated heterocycles. The predicted molar refractivity (Wildman–Crippen MR) is 111 cm³/mol. The summed E-state index contributed by atoms with van der Waals surface area (Å²) in [5.41, 5.74) is -0.389. The minimum Gasteiger partial charge on any atom is -0.483 e. The monoisotopic (exact) mass is 522 g/mol. The molecule has 0 aromatic heterocycles. The average molecular weight is 522 g/mol. The van der Waals surface area contributed by atoms with Gasteiger partial charge in [0, 0.05) is 19.0 Å². The number of benzene rings is 1. The van der Waals surface area contributed by atoms with Crippen LogP contribution in [-0.4, -0.2) is 94.3 Å². The summed E-state index contributed by atoms with van der Waals surface area (Å²) < 4.78 is 53.1. The smallest absolute Gasteiger partial charge is 0.422 e. The average Bonchev–Trinajstić information content (AvgIpc) is 2.81. The molecule has 12 nitrogen and oxygen atoms in total. The van der Waals surface area contributed by atoms with Crippen molar-refractivity contribution < 1.29 is 62.2 Å². The van der Waals surface area contributed by atoms with Gasteiger partial charge in [0.25, 0.3) is 5.91 Å². The van der Waals surface area contributed by atoms with E-state index in [0.29, 0.717) is 19.3 Å². The zero-order valence-electron chi connectivity index (χ0n) is 18.6. The Hall–Kier alpha value is -3.14. The number of carbonyl (C=O) groups is 3. The minimum absolute atomic E-state index is 0.0107. The number of halogens is 3. The number of hydrogen-bond acceptors (Lipinski definition) is 9. The van der Waals surface area contributed by atoms with Crippen LogP contribution in [0.3, 0.4) is 0 Å². The maximum atomic E-state index is 12.8. The lowest BCUT2D eigenvalue weighted by atomic mass is 9.99. The third-order valence-corrected chi connectivity index (χ3v) is 5.48. The Bertz CT molecular complexity index is 976. The van der Waals surface area contributed by atoms with Gasteiger partial charge < -0.3 is 45.3 Å². The lowest BCUT2D eigenvalue weighted by Crippen LogP contribution is -2.61. The van der Waals surface area contributed by atoms with Gasteiger partial charge in [0.2, 0.25) is 12.2 Å². The van der Waals surface area contributed by atoms with Crippen molar-refractivity contribution in [3.8, 4) is 11.5 Å². The summed E-state index contributed by atoms with van der Waals surface area (Å²) in [6.45, 7) is -1.70. The van der Waals surface area contributed by atoms with Crippen molar-refractivity contribution in [2.24, 2.45) is 0 Å². The van der Waals surface area contributed by atoms with Gasteiger partial charge >= 0.3 is 12.1 Å². The molecule has 0 radical (unpaired) electrons. The number of carbonyl (C=O) groups excluding carboxylic acids is 2. The van der Waals surface area contributed by atoms with E-state index in [9.17, 15) is 42.9 Å². The zero-order valence-corrected chi connectivity index (χ0v) is 18.6. The van der Waals surface area contributed by atoms with Crippen molar-refractivity contribution in [2.75, 3.05) is 13.2 Å². The summed E-state index contributed by atoms with van der Waals surface area (Å²) in [6, 6.07) is 2.67. The molecule has 6 atom stereocenters. The third kappa shape index (κ3) is 6.96. The second kappa shape index (κ2) is 11.3. The van der Waals surface area contributed by atoms with Crippen molar-refractivity contribution >= 4 is 17.8 Å². The second-order valence-corrected chi connectivity index (χ2v) is 8.28. The number of nitrogens with one attached hydrogen (secondary N) is 2. The Labute approximate surface area is 201 Å². The zero-order chi connectivity index (χ0) is 26.6. The first-order valence-electron chi connectivity index (χ1n) is 10.9. The quantitative estimate of drug-likeness (QED) is 0.255. The van der Waals surface area contributed by atoms with Crippen LogP contribution in [0.15, 0.2) is 18.2 Å². The van der Waals surface area contributed by atoms with Crippen LogP contribution >= 0.6 is 0 Å². The molecule has 1 aromatic carbocycles. The molecule has 1 aromatic rings. The normalized spacial score (nSPS) is 28.7. The highest BCUT2D eigenvalue weighted by Gasteiger charge is 2.48. The minimum atomic E-state index is -4.70. The fraction of sp³-hybridized carbons (Fsp3) is 0.571. The molecule has 2 fully saturated rings. The number of aliphatic hydroxyl groups is 3. The van der Waals surface area contributed by atoms with E-state index in [1.54, 1.807) is 0 Å². The predicted octanol–water partition coefficient (Wildman–Crippen LogP) is -0.703. The Kier molecular flexibility index (Phi) is 8.60. The van der Waals surface area contributed by atoms with Crippen LogP contribution < -0.4 is 20.1 Å². The van der Waals surface area contributed by atoms with Gasteiger partial charge in [0.05, 0.1) is 5.56 Å². The standard InChI is InChI=1S/C21H25F3N2O10/c22-21(23,24)8-34-12-5-4-10(35-20-16(30)14(28)15(29)17(36-20)19(32)33)6-11(12)18(31)25-7-9-2-1-3-13(27)26-9/h4-6,9,14-17,20,28-30H,1-3,7-8H2,(H,25,31)(H,26,27)(H,32,33)/t9?,14-,15-,16+,17-,20+/m0/s1. The number of aliphatic carboxylic acids is 1. The van der Waals surface area contributed by atoms with Crippen LogP contribution in [-0.2, 0) is 14.3 Å². The van der Waals surface area contributed by atoms with E-state index in [-0.39, 0.29) is 29.8 Å². The van der Waals surface area contributed by atoms with Gasteiger partial charge in [-0.25, -0.2) is 4.79 Å². The Morgan fingerprint density at radius 2 is 1.89 bits per heavy atom. The van der Waals surface area contributed by atoms with Crippen LogP contribution in [0.2, 0.25) is 0 Å². The molecular formula is C21H25F3N2O10. The Morgan fingerprint density at radius 1 is 1.17 bits per heavy atom. The summed E-state index contributed by atoms with van der Waals surface area (Å²) in [6.07, 6.45) is -12.7. The topological polar surface area (TPSA) is 184 Å². The van der Waals surface area contributed by atoms with Crippen molar-refractivity contribution in [3.63, 3.8) is 0 Å². The van der Waals surface area contributed by atoms with Crippen molar-refractivity contribution in [1.29, 1.82) is 0 Å². The molecule has 3 rings (SSSR count). The molecule has 36 heavy (non-hydrogen) atoms. The molecule has 1 unspecified atom stereocenters. The van der Waals surface area contributed by atoms with E-state index in [0.717, 1.165) is 18.2 Å². The van der Waals surface area contributed by atoms with Crippen LogP contribution in [0.4, 0.5) is 13.2 Å². The summed E-state index contributed by atoms with van der Waals surface area (Å²) in [4.78, 5) is 35.6. The first-order valence-corrected chi connectivity index (χ1v) is 10.9. The Balaban J connectivity index is 1.79. The molecular weight excluding hydrogens is 497 g/mol. The van der Waals surface area contributed by atoms with E-state index >= 15 is 0 Å². The van der Waals surface area contributed by atoms with Crippen LogP contribution in [0.1, 0.15) is 29.6 Å². The highest BCUT2D eigenvalue weighted by atomic mass is 19.4. The molecule has 15 heteroatoms. The fourth-order valence-electron chi connectivity index (χ4n) is 3.67. The molecule has 6 N–H and O–H groups in total. The molecule has 0 bridgehead atoms. The van der Waals surface area contributed by atoms with Gasteiger partial charge in [-0.1, -0.05) is 0 Å². The number of piperidine rings is 1. The van der Waals surface area contributed by atoms with Gasteiger partial charge in [0.1, 0.15) is 29.8 Å². The largest absolute Gasteiger partial charge is 0.483 e. The Morgan fingerprint density at radius 3 is 2.53 bits per heavy atom. The van der Waals surface area contributed by atoms with Gasteiger partial charge in [-0.2, -0.15) is 13.2 Å². The molecule has 2 heterocycles. The molecule has 2 aliphatic heterocycles. The molecule has 0 spiro atoms. The number of aliphatic hydroxyl groups excluding tert-OH is 3. The number of ether oxygens (including phenoxy) is 3. The number of carboxylic acid groups (broad SMARTS) is 1. The summed E-state index contributed by atoms with van der Waals surface area (Å²) in [7, 11) is 0. The highest BCUT2D eigenvalue weighted by molar-refractivity contribution is 5.97. The second-order valence-electron chi connectivity index (χ2n) is 8.28. The molecule has 0 aliphatic carbocycles. The summed E-state index contributed by atoms with van der Waals surface area (Å²) in [5.74, 6) is -3.39. The lowest BCUT2D eigenvalue weighted by molar-refractivity contribution is -0.271. The number of hydrogen-bond donors (Lipinski definition) is 6. The van der Waals surface area contributed by atoms with Crippen LogP contribution in [0, 0.1) is 0 Å². The lowest BCUT2D eigenvalue weighted by Gasteiger charge is -2.38. The van der Waals surface area contributed by atoms with Crippen LogP contribution in [0.5, 0.6) is 11.5 Å². The summed E-state index contributed by atoms with van der Waals surface area (Å²) in [5, 5.41) is 44.1. The van der Waals surface area contributed by atoms with E-state index in [4.69, 9.17) is 19.3 Å². The molecule has 2 amide bonds. The van der Waals surface area contributed by atoms with Crippen molar-refractivity contribution in [1.82, 2.24) is 10.6 Å². The van der Waals surface area contributed by atoms with Gasteiger partial charge in [-0.15, -0.1) is 0 Å². The SMILES string of the molecule is O=C1CCCC(CNC(=O)c2cc(O[C@@H]3O[C@H](C(=O)O)[C@@H](O)[C@H](O)[C@H]3O)ccc2OCC(F)(F)F)N1. The number of alkyl halides is 3. The molecule has 2 aliphatic rings. The van der Waals surface area contributed by atoms with E-state index in [1.165, 1.54) is 0 Å². The number of amides is 2. The molecule has 200 valence electrons. The first kappa shape index (κ1) is 27.4.